The Morgan fingerprint density at radius 1 is 1.65 bits per heavy atom. The van der Waals surface area contributed by atoms with Crippen LogP contribution in [0.5, 0.6) is 0 Å². The summed E-state index contributed by atoms with van der Waals surface area (Å²) < 4.78 is 0. The van der Waals surface area contributed by atoms with E-state index in [-0.39, 0.29) is 5.91 Å². The van der Waals surface area contributed by atoms with E-state index in [1.54, 1.807) is 11.9 Å². The maximum absolute atomic E-state index is 11.8. The van der Waals surface area contributed by atoms with Crippen LogP contribution in [0.15, 0.2) is 0 Å². The van der Waals surface area contributed by atoms with Gasteiger partial charge in [0.15, 0.2) is 0 Å². The molecule has 4 nitrogen and oxygen atoms in total. The number of hydrogen-bond donors (Lipinski definition) is 0. The molecule has 0 saturated carbocycles. The topological polar surface area (TPSA) is 47.3 Å². The van der Waals surface area contributed by atoms with Crippen LogP contribution in [-0.2, 0) is 4.79 Å². The zero-order chi connectivity index (χ0) is 12.7. The molecule has 5 heteroatoms. The maximum Gasteiger partial charge on any atom is 0.223 e. The van der Waals surface area contributed by atoms with Crippen molar-refractivity contribution in [2.24, 2.45) is 0 Å². The largest absolute Gasteiger partial charge is 0.345 e. The predicted molar refractivity (Wildman–Crippen MR) is 70.8 cm³/mol. The minimum absolute atomic E-state index is 0.145. The molecule has 1 saturated heterocycles. The van der Waals surface area contributed by atoms with E-state index in [4.69, 9.17) is 5.26 Å². The summed E-state index contributed by atoms with van der Waals surface area (Å²) in [7, 11) is 1.77. The third-order valence-corrected chi connectivity index (χ3v) is 4.09. The van der Waals surface area contributed by atoms with Crippen molar-refractivity contribution in [1.82, 2.24) is 9.80 Å². The first-order valence-electron chi connectivity index (χ1n) is 6.08. The molecule has 0 aromatic heterocycles. The van der Waals surface area contributed by atoms with E-state index in [1.807, 2.05) is 11.8 Å². The molecule has 1 aliphatic rings. The molecule has 0 spiro atoms. The van der Waals surface area contributed by atoms with Crippen LogP contribution in [0.25, 0.3) is 0 Å². The number of nitriles is 1. The molecule has 17 heavy (non-hydrogen) atoms. The van der Waals surface area contributed by atoms with Gasteiger partial charge in [-0.15, -0.1) is 0 Å². The zero-order valence-electron chi connectivity index (χ0n) is 10.7. The highest BCUT2D eigenvalue weighted by atomic mass is 32.2. The van der Waals surface area contributed by atoms with Crippen LogP contribution in [0.4, 0.5) is 0 Å². The predicted octanol–water partition coefficient (Wildman–Crippen LogP) is 1.19. The quantitative estimate of drug-likeness (QED) is 0.740. The van der Waals surface area contributed by atoms with Crippen LogP contribution >= 0.6 is 11.8 Å². The Hall–Kier alpha value is -0.730. The zero-order valence-corrected chi connectivity index (χ0v) is 11.5. The molecule has 1 fully saturated rings. The van der Waals surface area contributed by atoms with Gasteiger partial charge in [0.1, 0.15) is 0 Å². The second kappa shape index (κ2) is 7.57. The van der Waals surface area contributed by atoms with E-state index in [9.17, 15) is 4.79 Å². The summed E-state index contributed by atoms with van der Waals surface area (Å²) in [5.41, 5.74) is 0. The summed E-state index contributed by atoms with van der Waals surface area (Å²) in [6, 6.07) is 2.06. The van der Waals surface area contributed by atoms with E-state index >= 15 is 0 Å². The monoisotopic (exact) mass is 255 g/mol. The molecule has 1 unspecified atom stereocenters. The molecule has 1 amide bonds. The van der Waals surface area contributed by atoms with E-state index in [0.717, 1.165) is 19.6 Å². The van der Waals surface area contributed by atoms with Crippen molar-refractivity contribution in [3.8, 4) is 6.07 Å². The number of carbonyl (C=O) groups is 1. The molecule has 1 rings (SSSR count). The summed E-state index contributed by atoms with van der Waals surface area (Å²) in [5.74, 6) is 1.31. The van der Waals surface area contributed by atoms with Crippen molar-refractivity contribution in [1.29, 1.82) is 5.26 Å². The molecule has 0 aliphatic carbocycles. The summed E-state index contributed by atoms with van der Waals surface area (Å²) in [6.07, 6.45) is 0.985. The van der Waals surface area contributed by atoms with E-state index in [2.05, 4.69) is 17.9 Å². The normalized spacial score (nSPS) is 20.9. The number of rotatable bonds is 5. The molecule has 0 aromatic rings. The third-order valence-electron chi connectivity index (χ3n) is 2.95. The lowest BCUT2D eigenvalue weighted by atomic mass is 10.3. The van der Waals surface area contributed by atoms with Crippen molar-refractivity contribution >= 4 is 17.7 Å². The fraction of sp³-hybridized carbons (Fsp3) is 0.833. The Bertz CT molecular complexity index is 290. The van der Waals surface area contributed by atoms with Crippen LogP contribution in [-0.4, -0.2) is 59.9 Å². The van der Waals surface area contributed by atoms with Gasteiger partial charge >= 0.3 is 0 Å². The Morgan fingerprint density at radius 3 is 3.06 bits per heavy atom. The summed E-state index contributed by atoms with van der Waals surface area (Å²) >= 11 is 2.00. The van der Waals surface area contributed by atoms with Crippen LogP contribution in [0, 0.1) is 11.3 Å². The fourth-order valence-electron chi connectivity index (χ4n) is 1.88. The van der Waals surface area contributed by atoms with Crippen LogP contribution < -0.4 is 0 Å². The Morgan fingerprint density at radius 2 is 2.41 bits per heavy atom. The average molecular weight is 255 g/mol. The van der Waals surface area contributed by atoms with Crippen LogP contribution in [0.1, 0.15) is 19.8 Å². The highest BCUT2D eigenvalue weighted by Gasteiger charge is 2.17. The molecule has 0 N–H and O–H groups in total. The van der Waals surface area contributed by atoms with Crippen LogP contribution in [0.2, 0.25) is 0 Å². The van der Waals surface area contributed by atoms with E-state index < -0.39 is 0 Å². The van der Waals surface area contributed by atoms with Crippen LogP contribution in [0.3, 0.4) is 0 Å². The van der Waals surface area contributed by atoms with Crippen molar-refractivity contribution in [3.63, 3.8) is 0 Å². The molecular formula is C12H21N3OS. The summed E-state index contributed by atoms with van der Waals surface area (Å²) in [6.45, 7) is 5.80. The smallest absolute Gasteiger partial charge is 0.223 e. The number of carbonyl (C=O) groups excluding carboxylic acids is 1. The molecule has 0 aromatic carbocycles. The van der Waals surface area contributed by atoms with Gasteiger partial charge in [-0.25, -0.2) is 0 Å². The van der Waals surface area contributed by atoms with E-state index in [1.165, 1.54) is 5.75 Å². The number of thioether (sulfide) groups is 1. The van der Waals surface area contributed by atoms with Gasteiger partial charge in [0, 0.05) is 50.7 Å². The minimum atomic E-state index is 0.145. The SMILES string of the molecule is CC1CN(CCC(=O)N(C)CCC#N)CCS1. The molecule has 1 heterocycles. The van der Waals surface area contributed by atoms with Gasteiger partial charge in [-0.05, 0) is 0 Å². The standard InChI is InChI=1S/C12H21N3OS/c1-11-10-15(8-9-17-11)7-4-12(16)14(2)6-3-5-13/h11H,3-4,6-10H2,1-2H3. The number of hydrogen-bond acceptors (Lipinski definition) is 4. The molecule has 1 aliphatic heterocycles. The molecule has 0 radical (unpaired) electrons. The molecular weight excluding hydrogens is 234 g/mol. The lowest BCUT2D eigenvalue weighted by molar-refractivity contribution is -0.130. The first-order valence-corrected chi connectivity index (χ1v) is 7.13. The van der Waals surface area contributed by atoms with Gasteiger partial charge in [0.05, 0.1) is 12.5 Å². The van der Waals surface area contributed by atoms with Gasteiger partial charge in [-0.2, -0.15) is 17.0 Å². The van der Waals surface area contributed by atoms with Gasteiger partial charge in [-0.1, -0.05) is 6.92 Å². The van der Waals surface area contributed by atoms with Crippen molar-refractivity contribution in [2.45, 2.75) is 25.0 Å². The molecule has 96 valence electrons. The Labute approximate surface area is 108 Å². The Balaban J connectivity index is 2.20. The highest BCUT2D eigenvalue weighted by molar-refractivity contribution is 7.99. The van der Waals surface area contributed by atoms with Gasteiger partial charge in [0.25, 0.3) is 0 Å². The number of amides is 1. The fourth-order valence-corrected chi connectivity index (χ4v) is 2.96. The van der Waals surface area contributed by atoms with Crippen molar-refractivity contribution in [3.05, 3.63) is 0 Å². The van der Waals surface area contributed by atoms with Gasteiger partial charge in [0.2, 0.25) is 5.91 Å². The Kier molecular flexibility index (Phi) is 6.38. The summed E-state index contributed by atoms with van der Waals surface area (Å²) in [5, 5.41) is 9.14. The van der Waals surface area contributed by atoms with Crippen molar-refractivity contribution < 1.29 is 4.79 Å². The first kappa shape index (κ1) is 14.3. The average Bonchev–Trinajstić information content (AvgIpc) is 2.33. The molecule has 0 bridgehead atoms. The summed E-state index contributed by atoms with van der Waals surface area (Å²) in [4.78, 5) is 15.8. The second-order valence-electron chi connectivity index (χ2n) is 4.46. The van der Waals surface area contributed by atoms with Gasteiger partial charge < -0.3 is 9.80 Å². The lowest BCUT2D eigenvalue weighted by Gasteiger charge is -2.30. The third kappa shape index (κ3) is 5.42. The minimum Gasteiger partial charge on any atom is -0.345 e. The number of nitrogens with zero attached hydrogens (tertiary/aromatic N) is 3. The second-order valence-corrected chi connectivity index (χ2v) is 6.00. The van der Waals surface area contributed by atoms with Gasteiger partial charge in [-0.3, -0.25) is 4.79 Å². The highest BCUT2D eigenvalue weighted by Crippen LogP contribution is 2.17. The maximum atomic E-state index is 11.8. The first-order chi connectivity index (χ1) is 8.13. The van der Waals surface area contributed by atoms with Crippen molar-refractivity contribution in [2.75, 3.05) is 39.0 Å². The molecule has 1 atom stereocenters. The van der Waals surface area contributed by atoms with E-state index in [0.29, 0.717) is 24.6 Å². The lowest BCUT2D eigenvalue weighted by Crippen LogP contribution is -2.39.